The van der Waals surface area contributed by atoms with E-state index in [1.54, 1.807) is 6.07 Å². The fourth-order valence-electron chi connectivity index (χ4n) is 1.55. The van der Waals surface area contributed by atoms with E-state index < -0.39 is 10.8 Å². The summed E-state index contributed by atoms with van der Waals surface area (Å²) in [4.78, 5) is 32.3. The molecular weight excluding hydrogens is 224 g/mol. The van der Waals surface area contributed by atoms with Crippen LogP contribution in [0.3, 0.4) is 0 Å². The highest BCUT2D eigenvalue weighted by atomic mass is 16.6. The van der Waals surface area contributed by atoms with E-state index in [1.165, 1.54) is 24.3 Å². The summed E-state index contributed by atoms with van der Waals surface area (Å²) in [6.07, 6.45) is 1.49. The lowest BCUT2D eigenvalue weighted by atomic mass is 10.1. The lowest BCUT2D eigenvalue weighted by Crippen LogP contribution is -2.19. The first-order valence-corrected chi connectivity index (χ1v) is 4.85. The molecule has 0 radical (unpaired) electrons. The van der Waals surface area contributed by atoms with Gasteiger partial charge in [0.2, 0.25) is 5.91 Å². The van der Waals surface area contributed by atoms with Crippen LogP contribution in [0.4, 0.5) is 5.69 Å². The Labute approximate surface area is 96.1 Å². The van der Waals surface area contributed by atoms with Crippen LogP contribution in [0.1, 0.15) is 12.0 Å². The average molecular weight is 232 g/mol. The molecule has 2 rings (SSSR count). The molecule has 1 fully saturated rings. The number of nitrogens with zero attached hydrogens (tertiary/aromatic N) is 1. The molecule has 0 atom stereocenters. The van der Waals surface area contributed by atoms with Crippen LogP contribution in [0.2, 0.25) is 0 Å². The summed E-state index contributed by atoms with van der Waals surface area (Å²) in [7, 11) is 0. The number of imide groups is 1. The van der Waals surface area contributed by atoms with E-state index >= 15 is 0 Å². The Morgan fingerprint density at radius 3 is 2.71 bits per heavy atom. The molecule has 1 N–H and O–H groups in total. The van der Waals surface area contributed by atoms with Gasteiger partial charge in [-0.2, -0.15) is 0 Å². The van der Waals surface area contributed by atoms with Gasteiger partial charge in [-0.3, -0.25) is 25.0 Å². The summed E-state index contributed by atoms with van der Waals surface area (Å²) in [6.45, 7) is 0. The Bertz CT molecular complexity index is 548. The molecule has 0 aromatic heterocycles. The zero-order valence-corrected chi connectivity index (χ0v) is 8.67. The van der Waals surface area contributed by atoms with Gasteiger partial charge in [-0.1, -0.05) is 12.1 Å². The number of amides is 2. The van der Waals surface area contributed by atoms with Crippen LogP contribution in [-0.4, -0.2) is 16.7 Å². The molecule has 6 nitrogen and oxygen atoms in total. The average Bonchev–Trinajstić information content (AvgIpc) is 2.58. The molecule has 1 heterocycles. The van der Waals surface area contributed by atoms with E-state index in [0.29, 0.717) is 11.1 Å². The second-order valence-corrected chi connectivity index (χ2v) is 3.58. The summed E-state index contributed by atoms with van der Waals surface area (Å²) in [5, 5.41) is 12.7. The van der Waals surface area contributed by atoms with Crippen LogP contribution >= 0.6 is 0 Å². The van der Waals surface area contributed by atoms with Crippen molar-refractivity contribution in [3.8, 4) is 0 Å². The van der Waals surface area contributed by atoms with Crippen molar-refractivity contribution in [2.75, 3.05) is 0 Å². The van der Waals surface area contributed by atoms with Crippen molar-refractivity contribution in [2.45, 2.75) is 6.42 Å². The highest BCUT2D eigenvalue weighted by Gasteiger charge is 2.23. The van der Waals surface area contributed by atoms with Gasteiger partial charge in [-0.25, -0.2) is 0 Å². The minimum atomic E-state index is -0.512. The third kappa shape index (κ3) is 2.36. The Morgan fingerprint density at radius 1 is 1.35 bits per heavy atom. The topological polar surface area (TPSA) is 89.3 Å². The van der Waals surface area contributed by atoms with E-state index in [2.05, 4.69) is 5.32 Å². The number of hydrogen-bond donors (Lipinski definition) is 1. The summed E-state index contributed by atoms with van der Waals surface area (Å²) >= 11 is 0. The molecule has 1 aliphatic heterocycles. The third-order valence-corrected chi connectivity index (χ3v) is 2.32. The SMILES string of the molecule is O=C1C/C(=C/c2cccc([N+](=O)[O-])c2)C(=O)N1. The molecule has 0 bridgehead atoms. The zero-order chi connectivity index (χ0) is 12.4. The van der Waals surface area contributed by atoms with Gasteiger partial charge >= 0.3 is 0 Å². The molecule has 1 aliphatic rings. The van der Waals surface area contributed by atoms with E-state index in [0.717, 1.165) is 0 Å². The normalized spacial score (nSPS) is 17.3. The van der Waals surface area contributed by atoms with E-state index in [4.69, 9.17) is 0 Å². The van der Waals surface area contributed by atoms with Crippen molar-refractivity contribution in [1.29, 1.82) is 0 Å². The van der Waals surface area contributed by atoms with Crippen LogP contribution in [0.15, 0.2) is 29.8 Å². The number of nitro groups is 1. The van der Waals surface area contributed by atoms with Crippen molar-refractivity contribution in [3.63, 3.8) is 0 Å². The summed E-state index contributed by atoms with van der Waals surface area (Å²) in [5.74, 6) is -0.798. The van der Waals surface area contributed by atoms with Crippen molar-refractivity contribution in [3.05, 3.63) is 45.5 Å². The number of carbonyl (C=O) groups is 2. The molecule has 0 aliphatic carbocycles. The zero-order valence-electron chi connectivity index (χ0n) is 8.67. The Morgan fingerprint density at radius 2 is 2.12 bits per heavy atom. The molecule has 0 spiro atoms. The van der Waals surface area contributed by atoms with Gasteiger partial charge < -0.3 is 0 Å². The van der Waals surface area contributed by atoms with Gasteiger partial charge in [0, 0.05) is 17.7 Å². The smallest absolute Gasteiger partial charge is 0.270 e. The van der Waals surface area contributed by atoms with Crippen LogP contribution in [0.25, 0.3) is 6.08 Å². The van der Waals surface area contributed by atoms with Gasteiger partial charge in [-0.05, 0) is 11.6 Å². The molecule has 17 heavy (non-hydrogen) atoms. The maximum atomic E-state index is 11.3. The first kappa shape index (κ1) is 11.0. The number of nitro benzene ring substituents is 1. The minimum absolute atomic E-state index is 0.0154. The second kappa shape index (κ2) is 4.17. The molecule has 1 aromatic rings. The van der Waals surface area contributed by atoms with Crippen LogP contribution in [0, 0.1) is 10.1 Å². The Hall–Kier alpha value is -2.50. The number of hydrogen-bond acceptors (Lipinski definition) is 4. The van der Waals surface area contributed by atoms with Gasteiger partial charge in [0.25, 0.3) is 11.6 Å². The summed E-state index contributed by atoms with van der Waals surface area (Å²) in [5.41, 5.74) is 0.790. The highest BCUT2D eigenvalue weighted by molar-refractivity contribution is 6.15. The van der Waals surface area contributed by atoms with E-state index in [-0.39, 0.29) is 18.0 Å². The third-order valence-electron chi connectivity index (χ3n) is 2.32. The van der Waals surface area contributed by atoms with Crippen molar-refractivity contribution in [2.24, 2.45) is 0 Å². The molecule has 1 saturated heterocycles. The first-order valence-electron chi connectivity index (χ1n) is 4.85. The van der Waals surface area contributed by atoms with Crippen molar-refractivity contribution >= 4 is 23.6 Å². The number of rotatable bonds is 2. The number of benzene rings is 1. The predicted octanol–water partition coefficient (Wildman–Crippen LogP) is 1.02. The molecule has 0 unspecified atom stereocenters. The molecular formula is C11H8N2O4. The van der Waals surface area contributed by atoms with E-state index in [9.17, 15) is 19.7 Å². The monoisotopic (exact) mass is 232 g/mol. The van der Waals surface area contributed by atoms with Crippen LogP contribution in [-0.2, 0) is 9.59 Å². The summed E-state index contributed by atoms with van der Waals surface area (Å²) < 4.78 is 0. The maximum Gasteiger partial charge on any atom is 0.270 e. The fraction of sp³-hybridized carbons (Fsp3) is 0.0909. The molecule has 86 valence electrons. The number of carbonyl (C=O) groups excluding carboxylic acids is 2. The highest BCUT2D eigenvalue weighted by Crippen LogP contribution is 2.18. The first-order chi connectivity index (χ1) is 8.06. The van der Waals surface area contributed by atoms with Gasteiger partial charge in [-0.15, -0.1) is 0 Å². The minimum Gasteiger partial charge on any atom is -0.292 e. The maximum absolute atomic E-state index is 11.3. The fourth-order valence-corrected chi connectivity index (χ4v) is 1.55. The van der Waals surface area contributed by atoms with E-state index in [1.807, 2.05) is 0 Å². The number of non-ortho nitro benzene ring substituents is 1. The van der Waals surface area contributed by atoms with Gasteiger partial charge in [0.05, 0.1) is 11.3 Å². The van der Waals surface area contributed by atoms with Crippen molar-refractivity contribution in [1.82, 2.24) is 5.32 Å². The summed E-state index contributed by atoms with van der Waals surface area (Å²) in [6, 6.07) is 5.88. The quantitative estimate of drug-likeness (QED) is 0.357. The largest absolute Gasteiger partial charge is 0.292 e. The standard InChI is InChI=1S/C11H8N2O4/c14-10-6-8(11(15)12-10)4-7-2-1-3-9(5-7)13(16)17/h1-5H,6H2,(H,12,14,15)/b8-4-. The lowest BCUT2D eigenvalue weighted by Gasteiger charge is -1.95. The molecule has 6 heteroatoms. The van der Waals surface area contributed by atoms with Gasteiger partial charge in [0.15, 0.2) is 0 Å². The predicted molar refractivity (Wildman–Crippen MR) is 58.8 cm³/mol. The lowest BCUT2D eigenvalue weighted by molar-refractivity contribution is -0.384. The van der Waals surface area contributed by atoms with Crippen LogP contribution < -0.4 is 5.32 Å². The van der Waals surface area contributed by atoms with Crippen LogP contribution in [0.5, 0.6) is 0 Å². The molecule has 0 saturated carbocycles. The molecule has 2 amide bonds. The molecule has 1 aromatic carbocycles. The van der Waals surface area contributed by atoms with Crippen molar-refractivity contribution < 1.29 is 14.5 Å². The second-order valence-electron chi connectivity index (χ2n) is 3.58. The Kier molecular flexibility index (Phi) is 2.70. The van der Waals surface area contributed by atoms with Gasteiger partial charge in [0.1, 0.15) is 0 Å². The Balaban J connectivity index is 2.33. The number of nitrogens with one attached hydrogen (secondary N) is 1.